The first kappa shape index (κ1) is 20.4. The van der Waals surface area contributed by atoms with Crippen LogP contribution in [0.15, 0.2) is 23.1 Å². The highest BCUT2D eigenvalue weighted by Crippen LogP contribution is 2.25. The molecule has 0 radical (unpaired) electrons. The van der Waals surface area contributed by atoms with Crippen molar-refractivity contribution in [2.24, 2.45) is 5.92 Å². The van der Waals surface area contributed by atoms with Crippen molar-refractivity contribution in [2.45, 2.75) is 44.9 Å². The summed E-state index contributed by atoms with van der Waals surface area (Å²) in [6.07, 6.45) is 2.75. The zero-order valence-corrected chi connectivity index (χ0v) is 16.3. The van der Waals surface area contributed by atoms with Gasteiger partial charge in [-0.25, -0.2) is 8.42 Å². The molecule has 1 aromatic carbocycles. The predicted octanol–water partition coefficient (Wildman–Crippen LogP) is 2.31. The number of nitrogens with zero attached hydrogens (tertiary/aromatic N) is 1. The summed E-state index contributed by atoms with van der Waals surface area (Å²) in [6.45, 7) is 5.76. The fourth-order valence-electron chi connectivity index (χ4n) is 2.64. The van der Waals surface area contributed by atoms with Crippen LogP contribution in [0.3, 0.4) is 0 Å². The molecule has 0 aliphatic carbocycles. The summed E-state index contributed by atoms with van der Waals surface area (Å²) in [7, 11) is -3.58. The Bertz CT molecular complexity index is 768. The number of sulfonamides is 1. The van der Waals surface area contributed by atoms with Gasteiger partial charge in [0.05, 0.1) is 10.8 Å². The fourth-order valence-corrected chi connectivity index (χ4v) is 4.18. The standard InChI is InChI=1S/C18H26N2O5S/c1-13(2)18(22)25-12-17(21)19-16-11-15(8-7-14(16)3)26(23,24)20-9-5-4-6-10-20/h7-8,11,13H,4-6,9-10,12H2,1-3H3,(H,19,21). The minimum atomic E-state index is -3.58. The molecule has 26 heavy (non-hydrogen) atoms. The van der Waals surface area contributed by atoms with Gasteiger partial charge in [-0.1, -0.05) is 26.3 Å². The summed E-state index contributed by atoms with van der Waals surface area (Å²) in [4.78, 5) is 23.6. The molecule has 7 nitrogen and oxygen atoms in total. The summed E-state index contributed by atoms with van der Waals surface area (Å²) in [6, 6.07) is 4.67. The normalized spacial score (nSPS) is 15.7. The Morgan fingerprint density at radius 2 is 1.85 bits per heavy atom. The van der Waals surface area contributed by atoms with Crippen LogP contribution in [0.4, 0.5) is 5.69 Å². The number of carbonyl (C=O) groups is 2. The first-order chi connectivity index (χ1) is 12.2. The third kappa shape index (κ3) is 5.04. The molecule has 1 aliphatic heterocycles. The molecule has 2 rings (SSSR count). The molecule has 0 spiro atoms. The van der Waals surface area contributed by atoms with Crippen LogP contribution >= 0.6 is 0 Å². The second-order valence-corrected chi connectivity index (χ2v) is 8.69. The number of amides is 1. The van der Waals surface area contributed by atoms with E-state index >= 15 is 0 Å². The van der Waals surface area contributed by atoms with Gasteiger partial charge in [0.25, 0.3) is 5.91 Å². The molecule has 1 aromatic rings. The summed E-state index contributed by atoms with van der Waals surface area (Å²) >= 11 is 0. The second kappa shape index (κ2) is 8.64. The van der Waals surface area contributed by atoms with E-state index in [0.29, 0.717) is 18.8 Å². The van der Waals surface area contributed by atoms with Gasteiger partial charge in [-0.3, -0.25) is 9.59 Å². The van der Waals surface area contributed by atoms with Gasteiger partial charge in [0.1, 0.15) is 0 Å². The van der Waals surface area contributed by atoms with Gasteiger partial charge < -0.3 is 10.1 Å². The molecular formula is C18H26N2O5S. The van der Waals surface area contributed by atoms with Crippen molar-refractivity contribution in [2.75, 3.05) is 25.0 Å². The number of hydrogen-bond donors (Lipinski definition) is 1. The number of esters is 1. The SMILES string of the molecule is Cc1ccc(S(=O)(=O)N2CCCCC2)cc1NC(=O)COC(=O)C(C)C. The number of benzene rings is 1. The zero-order chi connectivity index (χ0) is 19.3. The minimum absolute atomic E-state index is 0.152. The van der Waals surface area contributed by atoms with Crippen molar-refractivity contribution in [3.05, 3.63) is 23.8 Å². The van der Waals surface area contributed by atoms with Crippen LogP contribution < -0.4 is 5.32 Å². The number of piperidine rings is 1. The topological polar surface area (TPSA) is 92.8 Å². The van der Waals surface area contributed by atoms with E-state index < -0.39 is 28.5 Å². The average Bonchev–Trinajstić information content (AvgIpc) is 2.62. The van der Waals surface area contributed by atoms with Crippen molar-refractivity contribution in [3.8, 4) is 0 Å². The lowest BCUT2D eigenvalue weighted by atomic mass is 10.2. The number of anilines is 1. The number of hydrogen-bond acceptors (Lipinski definition) is 5. The zero-order valence-electron chi connectivity index (χ0n) is 15.4. The van der Waals surface area contributed by atoms with E-state index in [1.807, 2.05) is 0 Å². The first-order valence-electron chi connectivity index (χ1n) is 8.79. The minimum Gasteiger partial charge on any atom is -0.455 e. The van der Waals surface area contributed by atoms with Gasteiger partial charge in [-0.05, 0) is 37.5 Å². The molecule has 1 fully saturated rings. The molecule has 144 valence electrons. The lowest BCUT2D eigenvalue weighted by Gasteiger charge is -2.26. The third-order valence-corrected chi connectivity index (χ3v) is 6.15. The first-order valence-corrected chi connectivity index (χ1v) is 10.2. The molecule has 0 bridgehead atoms. The molecule has 1 saturated heterocycles. The van der Waals surface area contributed by atoms with E-state index in [4.69, 9.17) is 4.74 Å². The summed E-state index contributed by atoms with van der Waals surface area (Å²) in [5, 5.41) is 2.62. The Balaban J connectivity index is 2.11. The van der Waals surface area contributed by atoms with Crippen molar-refractivity contribution in [1.29, 1.82) is 0 Å². The highest BCUT2D eigenvalue weighted by atomic mass is 32.2. The van der Waals surface area contributed by atoms with E-state index in [9.17, 15) is 18.0 Å². The Morgan fingerprint density at radius 3 is 2.46 bits per heavy atom. The van der Waals surface area contributed by atoms with Crippen LogP contribution in [0.2, 0.25) is 0 Å². The highest BCUT2D eigenvalue weighted by Gasteiger charge is 2.26. The molecule has 1 heterocycles. The van der Waals surface area contributed by atoms with Crippen molar-refractivity contribution < 1.29 is 22.7 Å². The van der Waals surface area contributed by atoms with Crippen molar-refractivity contribution in [1.82, 2.24) is 4.31 Å². The van der Waals surface area contributed by atoms with Crippen LogP contribution in [-0.2, 0) is 24.3 Å². The Labute approximate surface area is 154 Å². The van der Waals surface area contributed by atoms with Crippen LogP contribution in [-0.4, -0.2) is 44.3 Å². The fraction of sp³-hybridized carbons (Fsp3) is 0.556. The summed E-state index contributed by atoms with van der Waals surface area (Å²) in [5.74, 6) is -1.28. The van der Waals surface area contributed by atoms with Crippen molar-refractivity contribution >= 4 is 27.6 Å². The number of carbonyl (C=O) groups excluding carboxylic acids is 2. The molecular weight excluding hydrogens is 356 g/mol. The van der Waals surface area contributed by atoms with Crippen LogP contribution in [0.5, 0.6) is 0 Å². The van der Waals surface area contributed by atoms with Gasteiger partial charge in [0.2, 0.25) is 10.0 Å². The molecule has 0 saturated carbocycles. The third-order valence-electron chi connectivity index (χ3n) is 4.25. The van der Waals surface area contributed by atoms with E-state index in [0.717, 1.165) is 24.8 Å². The van der Waals surface area contributed by atoms with Crippen LogP contribution in [0.25, 0.3) is 0 Å². The van der Waals surface area contributed by atoms with E-state index in [-0.39, 0.29) is 10.8 Å². The molecule has 0 unspecified atom stereocenters. The maximum Gasteiger partial charge on any atom is 0.308 e. The molecule has 1 aliphatic rings. The van der Waals surface area contributed by atoms with Crippen LogP contribution in [0.1, 0.15) is 38.7 Å². The Kier molecular flexibility index (Phi) is 6.77. The van der Waals surface area contributed by atoms with Gasteiger partial charge in [-0.2, -0.15) is 4.31 Å². The monoisotopic (exact) mass is 382 g/mol. The molecule has 1 N–H and O–H groups in total. The lowest BCUT2D eigenvalue weighted by Crippen LogP contribution is -2.35. The van der Waals surface area contributed by atoms with E-state index in [1.54, 1.807) is 32.9 Å². The van der Waals surface area contributed by atoms with Gasteiger partial charge >= 0.3 is 5.97 Å². The number of nitrogens with one attached hydrogen (secondary N) is 1. The molecule has 1 amide bonds. The maximum atomic E-state index is 12.8. The van der Waals surface area contributed by atoms with Crippen molar-refractivity contribution in [3.63, 3.8) is 0 Å². The molecule has 0 aromatic heterocycles. The number of aryl methyl sites for hydroxylation is 1. The quantitative estimate of drug-likeness (QED) is 0.762. The summed E-state index contributed by atoms with van der Waals surface area (Å²) in [5.41, 5.74) is 1.12. The average molecular weight is 382 g/mol. The van der Waals surface area contributed by atoms with Crippen LogP contribution in [0, 0.1) is 12.8 Å². The molecule has 0 atom stereocenters. The van der Waals surface area contributed by atoms with E-state index in [2.05, 4.69) is 5.32 Å². The summed E-state index contributed by atoms with van der Waals surface area (Å²) < 4.78 is 31.9. The second-order valence-electron chi connectivity index (χ2n) is 6.75. The lowest BCUT2D eigenvalue weighted by molar-refractivity contribution is -0.150. The predicted molar refractivity (Wildman–Crippen MR) is 98.2 cm³/mol. The maximum absolute atomic E-state index is 12.8. The van der Waals surface area contributed by atoms with Gasteiger partial charge in [0.15, 0.2) is 6.61 Å². The Morgan fingerprint density at radius 1 is 1.19 bits per heavy atom. The molecule has 8 heteroatoms. The largest absolute Gasteiger partial charge is 0.455 e. The van der Waals surface area contributed by atoms with Gasteiger partial charge in [-0.15, -0.1) is 0 Å². The number of ether oxygens (including phenoxy) is 1. The highest BCUT2D eigenvalue weighted by molar-refractivity contribution is 7.89. The van der Waals surface area contributed by atoms with E-state index in [1.165, 1.54) is 10.4 Å². The smallest absolute Gasteiger partial charge is 0.308 e. The Hall–Kier alpha value is -1.93. The number of rotatable bonds is 6. The van der Waals surface area contributed by atoms with Gasteiger partial charge in [0, 0.05) is 18.8 Å².